The van der Waals surface area contributed by atoms with Gasteiger partial charge in [-0.15, -0.1) is 0 Å². The third kappa shape index (κ3) is 2.58. The van der Waals surface area contributed by atoms with Crippen LogP contribution < -0.4 is 5.32 Å². The van der Waals surface area contributed by atoms with Crippen molar-refractivity contribution in [3.05, 3.63) is 0 Å². The molecule has 3 atom stereocenters. The Labute approximate surface area is 99.9 Å². The van der Waals surface area contributed by atoms with E-state index in [4.69, 9.17) is 9.84 Å². The summed E-state index contributed by atoms with van der Waals surface area (Å²) in [5, 5.41) is 12.1. The maximum absolute atomic E-state index is 12.1. The number of nitrogens with one attached hydrogen (secondary N) is 1. The van der Waals surface area contributed by atoms with Gasteiger partial charge in [0.05, 0.1) is 12.5 Å². The van der Waals surface area contributed by atoms with E-state index in [1.807, 2.05) is 6.92 Å². The fourth-order valence-corrected chi connectivity index (χ4v) is 2.40. The number of amides is 1. The van der Waals surface area contributed by atoms with Crippen LogP contribution in [-0.4, -0.2) is 60.8 Å². The van der Waals surface area contributed by atoms with Gasteiger partial charge in [0.25, 0.3) is 5.91 Å². The fourth-order valence-electron chi connectivity index (χ4n) is 2.40. The van der Waals surface area contributed by atoms with E-state index in [2.05, 4.69) is 5.32 Å². The van der Waals surface area contributed by atoms with Crippen LogP contribution in [-0.2, 0) is 14.3 Å². The third-order valence-electron chi connectivity index (χ3n) is 3.44. The monoisotopic (exact) mass is 242 g/mol. The lowest BCUT2D eigenvalue weighted by Crippen LogP contribution is -2.49. The summed E-state index contributed by atoms with van der Waals surface area (Å²) >= 11 is 0. The molecule has 17 heavy (non-hydrogen) atoms. The Morgan fingerprint density at radius 2 is 2.18 bits per heavy atom. The SMILES string of the molecule is C[C@@H]1CN(C(=O)C2CNCCO2)C[C@H]1C(=O)O. The van der Waals surface area contributed by atoms with Crippen LogP contribution >= 0.6 is 0 Å². The van der Waals surface area contributed by atoms with Gasteiger partial charge in [0.15, 0.2) is 0 Å². The van der Waals surface area contributed by atoms with Gasteiger partial charge in [-0.2, -0.15) is 0 Å². The Balaban J connectivity index is 1.94. The van der Waals surface area contributed by atoms with Crippen molar-refractivity contribution in [3.63, 3.8) is 0 Å². The van der Waals surface area contributed by atoms with Gasteiger partial charge < -0.3 is 20.1 Å². The number of rotatable bonds is 2. The first-order valence-corrected chi connectivity index (χ1v) is 5.93. The molecular formula is C11H18N2O4. The zero-order chi connectivity index (χ0) is 12.4. The predicted octanol–water partition coefficient (Wildman–Crippen LogP) is -0.846. The van der Waals surface area contributed by atoms with E-state index in [0.717, 1.165) is 6.54 Å². The molecule has 0 spiro atoms. The molecule has 0 saturated carbocycles. The lowest BCUT2D eigenvalue weighted by Gasteiger charge is -2.27. The van der Waals surface area contributed by atoms with E-state index < -0.39 is 18.0 Å². The highest BCUT2D eigenvalue weighted by Gasteiger charge is 2.39. The number of morpholine rings is 1. The molecule has 2 saturated heterocycles. The van der Waals surface area contributed by atoms with Crippen LogP contribution in [0.2, 0.25) is 0 Å². The average molecular weight is 242 g/mol. The lowest BCUT2D eigenvalue weighted by molar-refractivity contribution is -0.145. The number of carbonyl (C=O) groups excluding carboxylic acids is 1. The molecule has 6 nitrogen and oxygen atoms in total. The van der Waals surface area contributed by atoms with E-state index in [1.165, 1.54) is 0 Å². The first-order chi connectivity index (χ1) is 8.09. The molecule has 2 heterocycles. The summed E-state index contributed by atoms with van der Waals surface area (Å²) in [7, 11) is 0. The number of carbonyl (C=O) groups is 2. The van der Waals surface area contributed by atoms with Crippen molar-refractivity contribution < 1.29 is 19.4 Å². The Kier molecular flexibility index (Phi) is 3.63. The van der Waals surface area contributed by atoms with Gasteiger partial charge in [0.1, 0.15) is 6.10 Å². The van der Waals surface area contributed by atoms with E-state index >= 15 is 0 Å². The summed E-state index contributed by atoms with van der Waals surface area (Å²) < 4.78 is 5.38. The minimum Gasteiger partial charge on any atom is -0.481 e. The molecule has 0 aliphatic carbocycles. The number of hydrogen-bond acceptors (Lipinski definition) is 4. The van der Waals surface area contributed by atoms with Gasteiger partial charge in [-0.3, -0.25) is 9.59 Å². The molecule has 0 aromatic heterocycles. The number of likely N-dealkylation sites (tertiary alicyclic amines) is 1. The number of aliphatic carboxylic acids is 1. The Morgan fingerprint density at radius 1 is 1.41 bits per heavy atom. The van der Waals surface area contributed by atoms with E-state index in [0.29, 0.717) is 26.2 Å². The topological polar surface area (TPSA) is 78.9 Å². The van der Waals surface area contributed by atoms with Crippen LogP contribution in [0.15, 0.2) is 0 Å². The molecule has 0 bridgehead atoms. The molecule has 0 aromatic carbocycles. The number of carboxylic acids is 1. The molecule has 6 heteroatoms. The molecule has 96 valence electrons. The molecule has 2 rings (SSSR count). The van der Waals surface area contributed by atoms with E-state index in [-0.39, 0.29) is 11.8 Å². The van der Waals surface area contributed by atoms with Crippen molar-refractivity contribution in [3.8, 4) is 0 Å². The van der Waals surface area contributed by atoms with Gasteiger partial charge in [0.2, 0.25) is 0 Å². The molecule has 0 radical (unpaired) electrons. The second-order valence-electron chi connectivity index (χ2n) is 4.73. The van der Waals surface area contributed by atoms with E-state index in [9.17, 15) is 9.59 Å². The molecule has 2 aliphatic heterocycles. The van der Waals surface area contributed by atoms with Gasteiger partial charge in [0, 0.05) is 26.2 Å². The standard InChI is InChI=1S/C11H18N2O4/c1-7-5-13(6-8(7)11(15)16)10(14)9-4-12-2-3-17-9/h7-9,12H,2-6H2,1H3,(H,15,16)/t7-,8-,9?/m1/s1. The minimum atomic E-state index is -0.824. The smallest absolute Gasteiger partial charge is 0.308 e. The molecule has 1 amide bonds. The molecule has 1 unspecified atom stereocenters. The highest BCUT2D eigenvalue weighted by Crippen LogP contribution is 2.24. The lowest BCUT2D eigenvalue weighted by atomic mass is 9.99. The molecule has 2 N–H and O–H groups in total. The minimum absolute atomic E-state index is 0.00741. The van der Waals surface area contributed by atoms with Crippen molar-refractivity contribution in [1.29, 1.82) is 0 Å². The van der Waals surface area contributed by atoms with Crippen LogP contribution in [0.4, 0.5) is 0 Å². The van der Waals surface area contributed by atoms with E-state index in [1.54, 1.807) is 4.90 Å². The summed E-state index contributed by atoms with van der Waals surface area (Å²) in [6.07, 6.45) is -0.455. The Hall–Kier alpha value is -1.14. The molecule has 0 aromatic rings. The molecular weight excluding hydrogens is 224 g/mol. The Morgan fingerprint density at radius 3 is 2.71 bits per heavy atom. The van der Waals surface area contributed by atoms with Crippen molar-refractivity contribution >= 4 is 11.9 Å². The Bertz CT molecular complexity index is 315. The highest BCUT2D eigenvalue weighted by atomic mass is 16.5. The van der Waals surface area contributed by atoms with Crippen molar-refractivity contribution in [2.75, 3.05) is 32.8 Å². The summed E-state index contributed by atoms with van der Waals surface area (Å²) in [4.78, 5) is 24.7. The fraction of sp³-hybridized carbons (Fsp3) is 0.818. The van der Waals surface area contributed by atoms with Gasteiger partial charge in [-0.05, 0) is 5.92 Å². The zero-order valence-electron chi connectivity index (χ0n) is 9.89. The van der Waals surface area contributed by atoms with Gasteiger partial charge in [-0.1, -0.05) is 6.92 Å². The molecule has 2 fully saturated rings. The second-order valence-corrected chi connectivity index (χ2v) is 4.73. The third-order valence-corrected chi connectivity index (χ3v) is 3.44. The summed E-state index contributed by atoms with van der Waals surface area (Å²) in [6, 6.07) is 0. The van der Waals surface area contributed by atoms with Crippen LogP contribution in [0.25, 0.3) is 0 Å². The highest BCUT2D eigenvalue weighted by molar-refractivity contribution is 5.83. The largest absolute Gasteiger partial charge is 0.481 e. The van der Waals surface area contributed by atoms with Crippen molar-refractivity contribution in [2.24, 2.45) is 11.8 Å². The first-order valence-electron chi connectivity index (χ1n) is 5.93. The normalized spacial score (nSPS) is 33.7. The average Bonchev–Trinajstić information content (AvgIpc) is 2.71. The zero-order valence-corrected chi connectivity index (χ0v) is 9.89. The van der Waals surface area contributed by atoms with Gasteiger partial charge in [-0.25, -0.2) is 0 Å². The summed E-state index contributed by atoms with van der Waals surface area (Å²) in [6.45, 7) is 4.48. The maximum Gasteiger partial charge on any atom is 0.308 e. The molecule has 2 aliphatic rings. The van der Waals surface area contributed by atoms with Crippen LogP contribution in [0.1, 0.15) is 6.92 Å². The maximum atomic E-state index is 12.1. The number of nitrogens with zero attached hydrogens (tertiary/aromatic N) is 1. The first kappa shape index (κ1) is 12.3. The van der Waals surface area contributed by atoms with Gasteiger partial charge >= 0.3 is 5.97 Å². The predicted molar refractivity (Wildman–Crippen MR) is 59.5 cm³/mol. The van der Waals surface area contributed by atoms with Crippen molar-refractivity contribution in [1.82, 2.24) is 10.2 Å². The van der Waals surface area contributed by atoms with Crippen LogP contribution in [0, 0.1) is 11.8 Å². The van der Waals surface area contributed by atoms with Crippen molar-refractivity contribution in [2.45, 2.75) is 13.0 Å². The number of carboxylic acid groups (broad SMARTS) is 1. The second kappa shape index (κ2) is 5.01. The number of ether oxygens (including phenoxy) is 1. The number of hydrogen-bond donors (Lipinski definition) is 2. The summed E-state index contributed by atoms with van der Waals surface area (Å²) in [5.41, 5.74) is 0. The van der Waals surface area contributed by atoms with Crippen LogP contribution in [0.5, 0.6) is 0 Å². The summed E-state index contributed by atoms with van der Waals surface area (Å²) in [5.74, 6) is -1.35. The van der Waals surface area contributed by atoms with Crippen LogP contribution in [0.3, 0.4) is 0 Å². The quantitative estimate of drug-likeness (QED) is 0.659.